The van der Waals surface area contributed by atoms with Gasteiger partial charge in [-0.2, -0.15) is 0 Å². The van der Waals surface area contributed by atoms with Crippen molar-refractivity contribution in [2.75, 3.05) is 13.1 Å². The number of halogens is 2. The zero-order valence-electron chi connectivity index (χ0n) is 22.1. The smallest absolute Gasteiger partial charge is 0.319 e. The van der Waals surface area contributed by atoms with Gasteiger partial charge in [-0.3, -0.25) is 9.59 Å². The minimum absolute atomic E-state index is 0.000636. The molecule has 0 aliphatic carbocycles. The van der Waals surface area contributed by atoms with E-state index in [1.165, 1.54) is 6.07 Å². The summed E-state index contributed by atoms with van der Waals surface area (Å²) in [5.74, 6) is -2.31. The average Bonchev–Trinajstić information content (AvgIpc) is 2.94. The summed E-state index contributed by atoms with van der Waals surface area (Å²) in [7, 11) is 0. The SMILES string of the molecule is CC[C@H](C)[C@H]1C(=O)N(Cc2cccc3ccccc23)C[C@@H]2N(C(=O)NCc3ccc(F)c(F)c3)CCC(=O)N12. The molecular weight excluding hydrogens is 502 g/mol. The van der Waals surface area contributed by atoms with Crippen molar-refractivity contribution >= 4 is 28.6 Å². The molecule has 9 heteroatoms. The highest BCUT2D eigenvalue weighted by Gasteiger charge is 2.50. The number of carbonyl (C=O) groups excluding carboxylic acids is 3. The molecule has 2 aliphatic heterocycles. The van der Waals surface area contributed by atoms with Crippen LogP contribution in [-0.4, -0.2) is 57.8 Å². The molecule has 0 aromatic heterocycles. The second kappa shape index (κ2) is 11.0. The zero-order chi connectivity index (χ0) is 27.7. The molecule has 7 nitrogen and oxygen atoms in total. The lowest BCUT2D eigenvalue weighted by Crippen LogP contribution is -2.72. The van der Waals surface area contributed by atoms with E-state index < -0.39 is 29.9 Å². The summed E-state index contributed by atoms with van der Waals surface area (Å²) >= 11 is 0. The number of piperazine rings is 1. The van der Waals surface area contributed by atoms with Gasteiger partial charge in [0.05, 0.1) is 6.54 Å². The maximum absolute atomic E-state index is 13.9. The van der Waals surface area contributed by atoms with Gasteiger partial charge >= 0.3 is 6.03 Å². The molecule has 3 aromatic rings. The summed E-state index contributed by atoms with van der Waals surface area (Å²) < 4.78 is 27.0. The second-order valence-corrected chi connectivity index (χ2v) is 10.3. The average molecular weight is 535 g/mol. The number of fused-ring (bicyclic) bond motifs is 2. The molecule has 2 aliphatic rings. The van der Waals surface area contributed by atoms with Gasteiger partial charge in [-0.05, 0) is 39.9 Å². The first-order valence-corrected chi connectivity index (χ1v) is 13.3. The fourth-order valence-corrected chi connectivity index (χ4v) is 5.62. The van der Waals surface area contributed by atoms with E-state index in [0.29, 0.717) is 18.5 Å². The Kier molecular flexibility index (Phi) is 7.50. The van der Waals surface area contributed by atoms with Gasteiger partial charge in [0.1, 0.15) is 12.2 Å². The number of hydrogen-bond acceptors (Lipinski definition) is 3. The van der Waals surface area contributed by atoms with Gasteiger partial charge in [0, 0.05) is 26.1 Å². The van der Waals surface area contributed by atoms with Gasteiger partial charge in [0.2, 0.25) is 11.8 Å². The molecule has 204 valence electrons. The fourth-order valence-electron chi connectivity index (χ4n) is 5.62. The molecule has 4 amide bonds. The number of rotatable bonds is 6. The molecule has 0 bridgehead atoms. The van der Waals surface area contributed by atoms with E-state index in [4.69, 9.17) is 0 Å². The molecule has 2 heterocycles. The number of carbonyl (C=O) groups is 3. The molecule has 2 saturated heterocycles. The Bertz CT molecular complexity index is 1410. The Morgan fingerprint density at radius 1 is 1.05 bits per heavy atom. The highest BCUT2D eigenvalue weighted by Crippen LogP contribution is 2.32. The Labute approximate surface area is 226 Å². The molecule has 5 rings (SSSR count). The predicted octanol–water partition coefficient (Wildman–Crippen LogP) is 4.65. The molecule has 0 saturated carbocycles. The molecule has 0 unspecified atom stereocenters. The van der Waals surface area contributed by atoms with Crippen LogP contribution in [-0.2, 0) is 22.7 Å². The van der Waals surface area contributed by atoms with Gasteiger partial charge in [0.15, 0.2) is 11.6 Å². The van der Waals surface area contributed by atoms with E-state index in [1.54, 1.807) is 14.7 Å². The topological polar surface area (TPSA) is 73.0 Å². The summed E-state index contributed by atoms with van der Waals surface area (Å²) in [6, 6.07) is 16.4. The fraction of sp³-hybridized carbons (Fsp3) is 0.367. The monoisotopic (exact) mass is 534 g/mol. The lowest BCUT2D eigenvalue weighted by Gasteiger charge is -2.53. The Morgan fingerprint density at radius 3 is 2.59 bits per heavy atom. The summed E-state index contributed by atoms with van der Waals surface area (Å²) in [6.07, 6.45) is 0.165. The zero-order valence-corrected chi connectivity index (χ0v) is 22.1. The molecule has 0 spiro atoms. The lowest BCUT2D eigenvalue weighted by molar-refractivity contribution is -0.170. The van der Waals surface area contributed by atoms with Crippen molar-refractivity contribution in [3.05, 3.63) is 83.4 Å². The molecule has 0 radical (unpaired) electrons. The van der Waals surface area contributed by atoms with Crippen LogP contribution in [0.5, 0.6) is 0 Å². The number of benzene rings is 3. The van der Waals surface area contributed by atoms with Crippen molar-refractivity contribution in [3.8, 4) is 0 Å². The minimum atomic E-state index is -0.984. The Hall–Kier alpha value is -4.01. The van der Waals surface area contributed by atoms with Crippen LogP contribution in [0, 0.1) is 17.6 Å². The Morgan fingerprint density at radius 2 is 1.82 bits per heavy atom. The largest absolute Gasteiger partial charge is 0.334 e. The normalized spacial score (nSPS) is 20.3. The highest BCUT2D eigenvalue weighted by molar-refractivity contribution is 5.92. The maximum Gasteiger partial charge on any atom is 0.319 e. The van der Waals surface area contributed by atoms with Crippen LogP contribution >= 0.6 is 0 Å². The maximum atomic E-state index is 13.9. The van der Waals surface area contributed by atoms with Gasteiger partial charge in [-0.15, -0.1) is 0 Å². The molecular formula is C30H32F2N4O3. The molecule has 2 fully saturated rings. The summed E-state index contributed by atoms with van der Waals surface area (Å²) in [5, 5.41) is 4.90. The van der Waals surface area contributed by atoms with Crippen LogP contribution in [0.25, 0.3) is 10.8 Å². The molecule has 3 aromatic carbocycles. The van der Waals surface area contributed by atoms with Crippen LogP contribution in [0.3, 0.4) is 0 Å². The Balaban J connectivity index is 1.42. The van der Waals surface area contributed by atoms with E-state index in [1.807, 2.05) is 56.3 Å². The number of amides is 4. The van der Waals surface area contributed by atoms with Crippen LogP contribution in [0.15, 0.2) is 60.7 Å². The van der Waals surface area contributed by atoms with Crippen molar-refractivity contribution in [1.82, 2.24) is 20.0 Å². The van der Waals surface area contributed by atoms with Gasteiger partial charge in [0.25, 0.3) is 0 Å². The number of hydrogen-bond donors (Lipinski definition) is 1. The molecule has 3 atom stereocenters. The quantitative estimate of drug-likeness (QED) is 0.501. The van der Waals surface area contributed by atoms with Crippen molar-refractivity contribution in [1.29, 1.82) is 0 Å². The van der Waals surface area contributed by atoms with Crippen LogP contribution < -0.4 is 5.32 Å². The highest BCUT2D eigenvalue weighted by atomic mass is 19.2. The number of nitrogens with one attached hydrogen (secondary N) is 1. The van der Waals surface area contributed by atoms with Gasteiger partial charge < -0.3 is 20.0 Å². The van der Waals surface area contributed by atoms with Crippen LogP contribution in [0.4, 0.5) is 13.6 Å². The third kappa shape index (κ3) is 5.17. The second-order valence-electron chi connectivity index (χ2n) is 10.3. The summed E-state index contributed by atoms with van der Waals surface area (Å²) in [6.45, 7) is 4.68. The first-order chi connectivity index (χ1) is 18.8. The van der Waals surface area contributed by atoms with Crippen molar-refractivity contribution in [3.63, 3.8) is 0 Å². The van der Waals surface area contributed by atoms with E-state index in [9.17, 15) is 23.2 Å². The predicted molar refractivity (Wildman–Crippen MR) is 143 cm³/mol. The standard InChI is InChI=1S/C30H32F2N4O3/c1-3-19(2)28-29(38)34(17-22-9-6-8-21-7-4-5-10-23(21)22)18-26-35(14-13-27(37)36(26)28)30(39)33-16-20-11-12-24(31)25(32)15-20/h4-12,15,19,26,28H,3,13-14,16-18H2,1-2H3,(H,33,39)/t19-,26+,28-/m0/s1. The number of urea groups is 1. The van der Waals surface area contributed by atoms with Crippen molar-refractivity contribution in [2.45, 2.75) is 52.0 Å². The van der Waals surface area contributed by atoms with E-state index >= 15 is 0 Å². The molecule has 1 N–H and O–H groups in total. The number of nitrogens with zero attached hydrogens (tertiary/aromatic N) is 3. The van der Waals surface area contributed by atoms with Crippen molar-refractivity contribution in [2.24, 2.45) is 5.92 Å². The first-order valence-electron chi connectivity index (χ1n) is 13.3. The first kappa shape index (κ1) is 26.6. The summed E-state index contributed by atoms with van der Waals surface area (Å²) in [4.78, 5) is 45.3. The van der Waals surface area contributed by atoms with Gasteiger partial charge in [-0.25, -0.2) is 13.6 Å². The van der Waals surface area contributed by atoms with Crippen LogP contribution in [0.2, 0.25) is 0 Å². The van der Waals surface area contributed by atoms with E-state index in [-0.39, 0.29) is 43.8 Å². The molecule has 39 heavy (non-hydrogen) atoms. The van der Waals surface area contributed by atoms with Gasteiger partial charge in [-0.1, -0.05) is 68.8 Å². The third-order valence-electron chi connectivity index (χ3n) is 7.90. The minimum Gasteiger partial charge on any atom is -0.334 e. The van der Waals surface area contributed by atoms with Crippen LogP contribution in [0.1, 0.15) is 37.8 Å². The summed E-state index contributed by atoms with van der Waals surface area (Å²) in [5.41, 5.74) is 1.41. The van der Waals surface area contributed by atoms with Crippen molar-refractivity contribution < 1.29 is 23.2 Å². The van der Waals surface area contributed by atoms with E-state index in [2.05, 4.69) is 5.32 Å². The lowest BCUT2D eigenvalue weighted by atomic mass is 9.91. The third-order valence-corrected chi connectivity index (χ3v) is 7.90. The van der Waals surface area contributed by atoms with E-state index in [0.717, 1.165) is 28.5 Å².